The molecule has 1 unspecified atom stereocenters. The number of aromatic amines is 1. The molecule has 2 heterocycles. The SMILES string of the molecule is COc1ccc2c3c([nH]c2c1)CCC(Cn1ccnc1C)C3=O. The summed E-state index contributed by atoms with van der Waals surface area (Å²) in [6.07, 6.45) is 5.49. The second-order valence-corrected chi connectivity index (χ2v) is 6.12. The van der Waals surface area contributed by atoms with Crippen LogP contribution in [0.1, 0.15) is 28.3 Å². The quantitative estimate of drug-likeness (QED) is 0.808. The Morgan fingerprint density at radius 2 is 2.30 bits per heavy atom. The number of methoxy groups -OCH3 is 1. The fourth-order valence-electron chi connectivity index (χ4n) is 3.49. The minimum atomic E-state index is 0.0106. The molecule has 23 heavy (non-hydrogen) atoms. The number of fused-ring (bicyclic) bond motifs is 3. The summed E-state index contributed by atoms with van der Waals surface area (Å²) in [5.41, 5.74) is 2.88. The van der Waals surface area contributed by atoms with Gasteiger partial charge >= 0.3 is 0 Å². The predicted octanol–water partition coefficient (Wildman–Crippen LogP) is 3.13. The largest absolute Gasteiger partial charge is 0.497 e. The molecule has 4 rings (SSSR count). The monoisotopic (exact) mass is 309 g/mol. The summed E-state index contributed by atoms with van der Waals surface area (Å²) in [5, 5.41) is 0.998. The molecule has 0 amide bonds. The van der Waals surface area contributed by atoms with E-state index < -0.39 is 0 Å². The van der Waals surface area contributed by atoms with Crippen LogP contribution in [0.15, 0.2) is 30.6 Å². The smallest absolute Gasteiger partial charge is 0.170 e. The number of nitrogens with zero attached hydrogens (tertiary/aromatic N) is 2. The number of H-pyrrole nitrogens is 1. The number of rotatable bonds is 3. The first-order chi connectivity index (χ1) is 11.2. The minimum absolute atomic E-state index is 0.0106. The lowest BCUT2D eigenvalue weighted by molar-refractivity contribution is 0.0889. The number of Topliss-reactive ketones (excluding diaryl/α,β-unsaturated/α-hetero) is 1. The van der Waals surface area contributed by atoms with Gasteiger partial charge in [0.1, 0.15) is 11.6 Å². The van der Waals surface area contributed by atoms with Crippen LogP contribution in [0.25, 0.3) is 10.9 Å². The number of imidazole rings is 1. The summed E-state index contributed by atoms with van der Waals surface area (Å²) in [6.45, 7) is 2.67. The van der Waals surface area contributed by atoms with Gasteiger partial charge in [0.2, 0.25) is 0 Å². The number of carbonyl (C=O) groups is 1. The number of aromatic nitrogens is 3. The first-order valence-electron chi connectivity index (χ1n) is 7.88. The van der Waals surface area contributed by atoms with E-state index in [0.717, 1.165) is 46.6 Å². The molecule has 0 radical (unpaired) electrons. The Hall–Kier alpha value is -2.56. The van der Waals surface area contributed by atoms with Crippen molar-refractivity contribution in [2.75, 3.05) is 7.11 Å². The van der Waals surface area contributed by atoms with E-state index in [0.29, 0.717) is 6.54 Å². The molecule has 1 atom stereocenters. The summed E-state index contributed by atoms with van der Waals surface area (Å²) < 4.78 is 7.33. The molecular formula is C18H19N3O2. The van der Waals surface area contributed by atoms with Crippen LogP contribution in [0.3, 0.4) is 0 Å². The first-order valence-corrected chi connectivity index (χ1v) is 7.88. The highest BCUT2D eigenvalue weighted by Crippen LogP contribution is 2.34. The maximum atomic E-state index is 13.0. The molecule has 2 aromatic heterocycles. The average Bonchev–Trinajstić information content (AvgIpc) is 3.13. The van der Waals surface area contributed by atoms with Crippen molar-refractivity contribution in [1.82, 2.24) is 14.5 Å². The van der Waals surface area contributed by atoms with Gasteiger partial charge in [0, 0.05) is 47.6 Å². The van der Waals surface area contributed by atoms with E-state index in [2.05, 4.69) is 14.5 Å². The molecule has 1 aliphatic rings. The third kappa shape index (κ3) is 2.23. The number of aryl methyl sites for hydroxylation is 2. The molecule has 0 saturated carbocycles. The Labute approximate surface area is 134 Å². The van der Waals surface area contributed by atoms with Crippen molar-refractivity contribution in [3.05, 3.63) is 47.7 Å². The Kier molecular flexibility index (Phi) is 3.22. The highest BCUT2D eigenvalue weighted by molar-refractivity contribution is 6.11. The van der Waals surface area contributed by atoms with Crippen LogP contribution in [-0.2, 0) is 13.0 Å². The molecule has 0 spiro atoms. The number of ether oxygens (including phenoxy) is 1. The van der Waals surface area contributed by atoms with Crippen molar-refractivity contribution in [2.24, 2.45) is 5.92 Å². The second kappa shape index (κ2) is 5.26. The number of benzene rings is 1. The van der Waals surface area contributed by atoms with Gasteiger partial charge in [-0.3, -0.25) is 4.79 Å². The van der Waals surface area contributed by atoms with Crippen LogP contribution >= 0.6 is 0 Å². The van der Waals surface area contributed by atoms with Crippen LogP contribution in [0.5, 0.6) is 5.75 Å². The van der Waals surface area contributed by atoms with Gasteiger partial charge in [0.25, 0.3) is 0 Å². The fourth-order valence-corrected chi connectivity index (χ4v) is 3.49. The Bertz CT molecular complexity index is 891. The van der Waals surface area contributed by atoms with Crippen molar-refractivity contribution in [2.45, 2.75) is 26.3 Å². The van der Waals surface area contributed by atoms with Crippen LogP contribution in [0.2, 0.25) is 0 Å². The molecule has 0 saturated heterocycles. The topological polar surface area (TPSA) is 59.9 Å². The second-order valence-electron chi connectivity index (χ2n) is 6.12. The number of hydrogen-bond acceptors (Lipinski definition) is 3. The molecule has 0 aliphatic heterocycles. The zero-order valence-corrected chi connectivity index (χ0v) is 13.3. The maximum absolute atomic E-state index is 13.0. The van der Waals surface area contributed by atoms with E-state index in [9.17, 15) is 4.79 Å². The normalized spacial score (nSPS) is 17.5. The van der Waals surface area contributed by atoms with Crippen molar-refractivity contribution >= 4 is 16.7 Å². The Balaban J connectivity index is 1.71. The van der Waals surface area contributed by atoms with Crippen molar-refractivity contribution in [3.63, 3.8) is 0 Å². The maximum Gasteiger partial charge on any atom is 0.170 e. The van der Waals surface area contributed by atoms with E-state index >= 15 is 0 Å². The summed E-state index contributed by atoms with van der Waals surface area (Å²) in [7, 11) is 1.65. The van der Waals surface area contributed by atoms with Gasteiger partial charge in [-0.15, -0.1) is 0 Å². The highest BCUT2D eigenvalue weighted by atomic mass is 16.5. The van der Waals surface area contributed by atoms with Gasteiger partial charge < -0.3 is 14.3 Å². The van der Waals surface area contributed by atoms with Gasteiger partial charge in [0.05, 0.1) is 12.6 Å². The Morgan fingerprint density at radius 1 is 1.43 bits per heavy atom. The Morgan fingerprint density at radius 3 is 3.04 bits per heavy atom. The van der Waals surface area contributed by atoms with Gasteiger partial charge in [-0.25, -0.2) is 4.98 Å². The highest BCUT2D eigenvalue weighted by Gasteiger charge is 2.31. The van der Waals surface area contributed by atoms with E-state index in [1.165, 1.54) is 0 Å². The van der Waals surface area contributed by atoms with Crippen LogP contribution in [0.4, 0.5) is 0 Å². The lowest BCUT2D eigenvalue weighted by Gasteiger charge is -2.22. The summed E-state index contributed by atoms with van der Waals surface area (Å²) in [4.78, 5) is 20.6. The van der Waals surface area contributed by atoms with Gasteiger partial charge in [-0.2, -0.15) is 0 Å². The summed E-state index contributed by atoms with van der Waals surface area (Å²) in [6, 6.07) is 5.84. The number of hydrogen-bond donors (Lipinski definition) is 1. The zero-order chi connectivity index (χ0) is 16.0. The standard InChI is InChI=1S/C18H19N3O2/c1-11-19-7-8-21(11)10-12-3-6-15-17(18(12)22)14-5-4-13(23-2)9-16(14)20-15/h4-5,7-9,12,20H,3,6,10H2,1-2H3. The molecule has 1 aromatic carbocycles. The third-order valence-corrected chi connectivity index (χ3v) is 4.78. The van der Waals surface area contributed by atoms with E-state index in [4.69, 9.17) is 4.74 Å². The minimum Gasteiger partial charge on any atom is -0.497 e. The molecule has 0 bridgehead atoms. The van der Waals surface area contributed by atoms with E-state index in [1.54, 1.807) is 13.3 Å². The van der Waals surface area contributed by atoms with Crippen LogP contribution < -0.4 is 4.74 Å². The van der Waals surface area contributed by atoms with Crippen molar-refractivity contribution < 1.29 is 9.53 Å². The summed E-state index contributed by atoms with van der Waals surface area (Å²) >= 11 is 0. The molecule has 5 heteroatoms. The van der Waals surface area contributed by atoms with Gasteiger partial charge in [0.15, 0.2) is 5.78 Å². The molecule has 1 N–H and O–H groups in total. The third-order valence-electron chi connectivity index (χ3n) is 4.78. The fraction of sp³-hybridized carbons (Fsp3) is 0.333. The summed E-state index contributed by atoms with van der Waals surface area (Å²) in [5.74, 6) is 1.99. The van der Waals surface area contributed by atoms with Crippen LogP contribution in [0, 0.1) is 12.8 Å². The van der Waals surface area contributed by atoms with Crippen LogP contribution in [-0.4, -0.2) is 27.4 Å². The molecule has 5 nitrogen and oxygen atoms in total. The predicted molar refractivity (Wildman–Crippen MR) is 88.0 cm³/mol. The van der Waals surface area contributed by atoms with Crippen molar-refractivity contribution in [3.8, 4) is 5.75 Å². The van der Waals surface area contributed by atoms with Crippen molar-refractivity contribution in [1.29, 1.82) is 0 Å². The molecule has 3 aromatic rings. The number of ketones is 1. The van der Waals surface area contributed by atoms with Gasteiger partial charge in [-0.1, -0.05) is 0 Å². The molecular weight excluding hydrogens is 290 g/mol. The average molecular weight is 309 g/mol. The molecule has 118 valence electrons. The lowest BCUT2D eigenvalue weighted by atomic mass is 9.85. The zero-order valence-electron chi connectivity index (χ0n) is 13.3. The number of nitrogens with one attached hydrogen (secondary N) is 1. The molecule has 1 aliphatic carbocycles. The van der Waals surface area contributed by atoms with Gasteiger partial charge in [-0.05, 0) is 31.9 Å². The molecule has 0 fully saturated rings. The lowest BCUT2D eigenvalue weighted by Crippen LogP contribution is -2.26. The van der Waals surface area contributed by atoms with E-state index in [1.807, 2.05) is 31.3 Å². The first kappa shape index (κ1) is 14.1. The van der Waals surface area contributed by atoms with E-state index in [-0.39, 0.29) is 11.7 Å². The number of carbonyl (C=O) groups excluding carboxylic acids is 1.